The fraction of sp³-hybridized carbons (Fsp3) is 0.600. The number of amides is 1. The van der Waals surface area contributed by atoms with Crippen molar-refractivity contribution in [1.82, 2.24) is 5.32 Å². The molecule has 0 aromatic heterocycles. The van der Waals surface area contributed by atoms with Crippen LogP contribution in [0.3, 0.4) is 0 Å². The van der Waals surface area contributed by atoms with Gasteiger partial charge in [-0.1, -0.05) is 70.2 Å². The fourth-order valence-corrected chi connectivity index (χ4v) is 5.41. The molecule has 0 radical (unpaired) electrons. The van der Waals surface area contributed by atoms with Crippen molar-refractivity contribution < 1.29 is 9.22 Å². The minimum atomic E-state index is -1.31. The Balaban J connectivity index is 2.30. The van der Waals surface area contributed by atoms with Gasteiger partial charge in [-0.05, 0) is 31.0 Å². The van der Waals surface area contributed by atoms with Gasteiger partial charge < -0.3 is 9.74 Å². The quantitative estimate of drug-likeness (QED) is 0.353. The van der Waals surface area contributed by atoms with Crippen molar-refractivity contribution >= 4 is 32.0 Å². The summed E-state index contributed by atoms with van der Waals surface area (Å²) in [6, 6.07) is 10.1. The lowest BCUT2D eigenvalue weighted by Crippen LogP contribution is -2.72. The first-order valence-electron chi connectivity index (χ1n) is 9.06. The number of hydrogen-bond acceptors (Lipinski definition) is 3. The molecule has 4 atom stereocenters. The highest BCUT2D eigenvalue weighted by molar-refractivity contribution is 7.80. The van der Waals surface area contributed by atoms with Crippen LogP contribution in [0.15, 0.2) is 30.3 Å². The molecule has 0 bridgehead atoms. The number of benzene rings is 1. The second kappa shape index (κ2) is 7.29. The second-order valence-corrected chi connectivity index (χ2v) is 11.3. The van der Waals surface area contributed by atoms with Gasteiger partial charge in [0.1, 0.15) is 0 Å². The number of β-lactam (4-membered cyclic amide) rings is 1. The van der Waals surface area contributed by atoms with E-state index in [-0.39, 0.29) is 29.2 Å². The van der Waals surface area contributed by atoms with Gasteiger partial charge in [0.15, 0.2) is 9.04 Å². The summed E-state index contributed by atoms with van der Waals surface area (Å²) in [7, 11) is -1.31. The molecule has 138 valence electrons. The molecule has 3 nitrogen and oxygen atoms in total. The molecule has 1 aromatic carbocycles. The lowest BCUT2D eigenvalue weighted by atomic mass is 9.62. The Morgan fingerprint density at radius 3 is 2.20 bits per heavy atom. The van der Waals surface area contributed by atoms with E-state index in [0.29, 0.717) is 0 Å². The number of nitrogens with one attached hydrogen (secondary N) is 1. The molecular formula is C20H31NO2SSi. The van der Waals surface area contributed by atoms with Gasteiger partial charge in [-0.25, -0.2) is 0 Å². The van der Waals surface area contributed by atoms with Gasteiger partial charge in [-0.2, -0.15) is 0 Å². The molecule has 1 heterocycles. The van der Waals surface area contributed by atoms with Crippen LogP contribution < -0.4 is 5.32 Å². The topological polar surface area (TPSA) is 38.3 Å². The van der Waals surface area contributed by atoms with Crippen molar-refractivity contribution in [3.05, 3.63) is 35.9 Å². The SMILES string of the molecule is CC(C(=S)c1ccccc1)[C@H]1NC(=O)[C@@H]1[C@@](C)(O[SiH](C)C)C(C)(C)C. The Morgan fingerprint density at radius 1 is 1.20 bits per heavy atom. The van der Waals surface area contributed by atoms with Crippen molar-refractivity contribution in [2.24, 2.45) is 17.3 Å². The van der Waals surface area contributed by atoms with Gasteiger partial charge in [-0.3, -0.25) is 4.79 Å². The fourth-order valence-electron chi connectivity index (χ4n) is 3.65. The molecule has 1 amide bonds. The maximum absolute atomic E-state index is 12.6. The molecule has 1 N–H and O–H groups in total. The normalized spacial score (nSPS) is 24.2. The van der Waals surface area contributed by atoms with Crippen molar-refractivity contribution in [3.63, 3.8) is 0 Å². The van der Waals surface area contributed by atoms with Crippen molar-refractivity contribution in [3.8, 4) is 0 Å². The highest BCUT2D eigenvalue weighted by Gasteiger charge is 2.58. The van der Waals surface area contributed by atoms with E-state index in [1.165, 1.54) is 0 Å². The smallest absolute Gasteiger partial charge is 0.228 e. The predicted molar refractivity (Wildman–Crippen MR) is 111 cm³/mol. The van der Waals surface area contributed by atoms with Crippen LogP contribution in [0.4, 0.5) is 0 Å². The molecule has 1 aliphatic heterocycles. The Kier molecular flexibility index (Phi) is 5.91. The molecular weight excluding hydrogens is 346 g/mol. The van der Waals surface area contributed by atoms with E-state index < -0.39 is 14.6 Å². The first kappa shape index (κ1) is 20.3. The van der Waals surface area contributed by atoms with Crippen LogP contribution in [0.2, 0.25) is 13.1 Å². The maximum Gasteiger partial charge on any atom is 0.228 e. The Labute approximate surface area is 159 Å². The Bertz CT molecular complexity index is 641. The van der Waals surface area contributed by atoms with Gasteiger partial charge in [-0.15, -0.1) is 0 Å². The average Bonchev–Trinajstić information content (AvgIpc) is 2.50. The molecule has 1 unspecified atom stereocenters. The number of carbonyl (C=O) groups is 1. The van der Waals surface area contributed by atoms with Crippen LogP contribution in [0, 0.1) is 17.3 Å². The molecule has 5 heteroatoms. The average molecular weight is 378 g/mol. The summed E-state index contributed by atoms with van der Waals surface area (Å²) < 4.78 is 6.48. The van der Waals surface area contributed by atoms with Crippen LogP contribution in [0.25, 0.3) is 0 Å². The highest BCUT2D eigenvalue weighted by atomic mass is 32.1. The Morgan fingerprint density at radius 2 is 1.76 bits per heavy atom. The first-order valence-corrected chi connectivity index (χ1v) is 12.3. The van der Waals surface area contributed by atoms with E-state index in [9.17, 15) is 4.79 Å². The van der Waals surface area contributed by atoms with Crippen molar-refractivity contribution in [1.29, 1.82) is 0 Å². The van der Waals surface area contributed by atoms with Crippen molar-refractivity contribution in [2.75, 3.05) is 0 Å². The minimum Gasteiger partial charge on any atom is -0.414 e. The summed E-state index contributed by atoms with van der Waals surface area (Å²) in [5.74, 6) is -0.0157. The first-order chi connectivity index (χ1) is 11.5. The number of hydrogen-bond donors (Lipinski definition) is 1. The summed E-state index contributed by atoms with van der Waals surface area (Å²) in [6.07, 6.45) is 0. The van der Waals surface area contributed by atoms with E-state index in [0.717, 1.165) is 10.4 Å². The standard InChI is InChI=1S/C20H31NO2SSi/c1-13(17(24)14-11-9-8-10-12-14)16-15(18(22)21-16)20(5,19(2,3)4)23-25(6)7/h8-13,15-16,25H,1-7H3,(H,21,22)/t13?,15-,16-,20-/m1/s1. The highest BCUT2D eigenvalue weighted by Crippen LogP contribution is 2.46. The number of thiocarbonyl (C=S) groups is 1. The third kappa shape index (κ3) is 3.88. The summed E-state index contributed by atoms with van der Waals surface area (Å²) in [6.45, 7) is 15.0. The van der Waals surface area contributed by atoms with E-state index in [1.807, 2.05) is 30.3 Å². The molecule has 0 saturated carbocycles. The Hall–Kier alpha value is -1.04. The molecule has 2 rings (SSSR count). The van der Waals surface area contributed by atoms with Crippen LogP contribution in [0.5, 0.6) is 0 Å². The monoisotopic (exact) mass is 377 g/mol. The lowest BCUT2D eigenvalue weighted by molar-refractivity contribution is -0.160. The van der Waals surface area contributed by atoms with Gasteiger partial charge in [0.25, 0.3) is 0 Å². The van der Waals surface area contributed by atoms with Gasteiger partial charge >= 0.3 is 0 Å². The molecule has 1 aromatic rings. The van der Waals surface area contributed by atoms with E-state index in [4.69, 9.17) is 16.6 Å². The third-order valence-electron chi connectivity index (χ3n) is 5.52. The van der Waals surface area contributed by atoms with Crippen LogP contribution in [-0.2, 0) is 9.22 Å². The van der Waals surface area contributed by atoms with Gasteiger partial charge in [0.05, 0.1) is 17.6 Å². The summed E-state index contributed by atoms with van der Waals surface area (Å²) in [5, 5.41) is 3.10. The molecule has 1 aliphatic rings. The minimum absolute atomic E-state index is 0.0113. The second-order valence-electron chi connectivity index (χ2n) is 8.55. The number of carbonyl (C=O) groups excluding carboxylic acids is 1. The maximum atomic E-state index is 12.6. The molecule has 1 fully saturated rings. The lowest BCUT2D eigenvalue weighted by Gasteiger charge is -2.55. The van der Waals surface area contributed by atoms with Crippen LogP contribution in [-0.4, -0.2) is 31.5 Å². The zero-order valence-electron chi connectivity index (χ0n) is 16.4. The summed E-state index contributed by atoms with van der Waals surface area (Å²) in [4.78, 5) is 13.5. The predicted octanol–water partition coefficient (Wildman–Crippen LogP) is 3.96. The molecule has 0 aliphatic carbocycles. The number of rotatable bonds is 6. The molecule has 1 saturated heterocycles. The summed E-state index contributed by atoms with van der Waals surface area (Å²) in [5.41, 5.74) is 0.418. The molecule has 25 heavy (non-hydrogen) atoms. The van der Waals surface area contributed by atoms with Crippen LogP contribution >= 0.6 is 12.2 Å². The van der Waals surface area contributed by atoms with E-state index in [2.05, 4.69) is 53.0 Å². The largest absolute Gasteiger partial charge is 0.414 e. The zero-order chi connectivity index (χ0) is 19.0. The van der Waals surface area contributed by atoms with E-state index in [1.54, 1.807) is 0 Å². The third-order valence-corrected chi connectivity index (χ3v) is 7.09. The van der Waals surface area contributed by atoms with Crippen molar-refractivity contribution in [2.45, 2.75) is 59.4 Å². The van der Waals surface area contributed by atoms with Gasteiger partial charge in [0.2, 0.25) is 5.91 Å². The van der Waals surface area contributed by atoms with Gasteiger partial charge in [0, 0.05) is 10.8 Å². The van der Waals surface area contributed by atoms with E-state index >= 15 is 0 Å². The summed E-state index contributed by atoms with van der Waals surface area (Å²) >= 11 is 5.73. The zero-order valence-corrected chi connectivity index (χ0v) is 18.4. The van der Waals surface area contributed by atoms with Crippen LogP contribution in [0.1, 0.15) is 40.2 Å². The molecule has 0 spiro atoms.